The van der Waals surface area contributed by atoms with Gasteiger partial charge < -0.3 is 28.7 Å². The predicted molar refractivity (Wildman–Crippen MR) is 170 cm³/mol. The molecule has 0 aliphatic carbocycles. The lowest BCUT2D eigenvalue weighted by molar-refractivity contribution is -0.0889. The summed E-state index contributed by atoms with van der Waals surface area (Å²) in [4.78, 5) is 21.1. The minimum Gasteiger partial charge on any atom is -0.491 e. The molecule has 2 aliphatic rings. The van der Waals surface area contributed by atoms with Gasteiger partial charge in [0.1, 0.15) is 61.8 Å². The summed E-state index contributed by atoms with van der Waals surface area (Å²) in [5.74, 6) is -0.706. The molecule has 3 atom stereocenters. The standard InChI is InChI=1S/C33H34F2N8O5/c1-45-22-43-33(44)41(21-38-43)26-5-3-24(4-6-26)39-12-14-40(15-13-39)25-7-9-27(10-8-25)46-17-28-18-47-32(48-28)31(42-20-36-19-37-42)29-11-2-23(34)16-30(29)35/h2-11,16,19-21,28,31-32H,12-15,17-18,22H2,1H3. The quantitative estimate of drug-likeness (QED) is 0.209. The monoisotopic (exact) mass is 660 g/mol. The Balaban J connectivity index is 0.904. The fourth-order valence-electron chi connectivity index (χ4n) is 5.95. The molecule has 5 aromatic rings. The van der Waals surface area contributed by atoms with Gasteiger partial charge in [-0.25, -0.2) is 27.8 Å². The molecule has 3 aromatic carbocycles. The van der Waals surface area contributed by atoms with E-state index in [0.29, 0.717) is 5.75 Å². The summed E-state index contributed by atoms with van der Waals surface area (Å²) >= 11 is 0. The summed E-state index contributed by atoms with van der Waals surface area (Å²) in [6.45, 7) is 3.96. The zero-order valence-corrected chi connectivity index (χ0v) is 26.1. The molecule has 13 nitrogen and oxygen atoms in total. The summed E-state index contributed by atoms with van der Waals surface area (Å²) in [5, 5.41) is 8.22. The second-order valence-corrected chi connectivity index (χ2v) is 11.4. The van der Waals surface area contributed by atoms with Crippen LogP contribution in [0.25, 0.3) is 5.69 Å². The third-order valence-electron chi connectivity index (χ3n) is 8.43. The van der Waals surface area contributed by atoms with Crippen molar-refractivity contribution in [2.75, 3.05) is 56.3 Å². The van der Waals surface area contributed by atoms with Crippen molar-refractivity contribution >= 4 is 11.4 Å². The first-order chi connectivity index (χ1) is 23.5. The van der Waals surface area contributed by atoms with E-state index in [2.05, 4.69) is 25.0 Å². The van der Waals surface area contributed by atoms with E-state index in [-0.39, 0.29) is 31.2 Å². The molecule has 0 amide bonds. The van der Waals surface area contributed by atoms with Crippen LogP contribution in [0.5, 0.6) is 5.75 Å². The molecule has 0 radical (unpaired) electrons. The van der Waals surface area contributed by atoms with Crippen molar-refractivity contribution in [3.05, 3.63) is 113 Å². The van der Waals surface area contributed by atoms with Gasteiger partial charge in [-0.15, -0.1) is 0 Å². The van der Waals surface area contributed by atoms with E-state index in [4.69, 9.17) is 18.9 Å². The first-order valence-electron chi connectivity index (χ1n) is 15.5. The van der Waals surface area contributed by atoms with Gasteiger partial charge in [-0.2, -0.15) is 14.9 Å². The first-order valence-corrected chi connectivity index (χ1v) is 15.5. The van der Waals surface area contributed by atoms with Crippen LogP contribution in [-0.2, 0) is 20.9 Å². The number of piperazine rings is 1. The zero-order valence-electron chi connectivity index (χ0n) is 26.1. The Morgan fingerprint density at radius 2 is 1.58 bits per heavy atom. The number of anilines is 2. The van der Waals surface area contributed by atoms with Gasteiger partial charge in [0.15, 0.2) is 6.29 Å². The molecule has 2 aromatic heterocycles. The Morgan fingerprint density at radius 3 is 2.23 bits per heavy atom. The highest BCUT2D eigenvalue weighted by atomic mass is 19.1. The number of methoxy groups -OCH3 is 1. The molecule has 0 saturated carbocycles. The number of nitrogens with zero attached hydrogens (tertiary/aromatic N) is 8. The second-order valence-electron chi connectivity index (χ2n) is 11.4. The van der Waals surface area contributed by atoms with Crippen LogP contribution >= 0.6 is 0 Å². The molecule has 2 aliphatic heterocycles. The lowest BCUT2D eigenvalue weighted by Gasteiger charge is -2.37. The SMILES string of the molecule is COCn1ncn(-c2ccc(N3CCN(c4ccc(OCC5COC(C(c6ccc(F)cc6F)n6cncn6)O5)cc4)CC3)cc2)c1=O. The van der Waals surface area contributed by atoms with Crippen LogP contribution in [-0.4, -0.2) is 88.0 Å². The number of aromatic nitrogens is 6. The van der Waals surface area contributed by atoms with Crippen molar-refractivity contribution in [1.29, 1.82) is 0 Å². The maximum absolute atomic E-state index is 14.7. The fourth-order valence-corrected chi connectivity index (χ4v) is 5.95. The van der Waals surface area contributed by atoms with Crippen molar-refractivity contribution in [3.63, 3.8) is 0 Å². The van der Waals surface area contributed by atoms with Crippen molar-refractivity contribution < 1.29 is 27.7 Å². The molecule has 250 valence electrons. The fraction of sp³-hybridized carbons (Fsp3) is 0.333. The van der Waals surface area contributed by atoms with E-state index < -0.39 is 30.1 Å². The van der Waals surface area contributed by atoms with Gasteiger partial charge in [0, 0.05) is 56.3 Å². The summed E-state index contributed by atoms with van der Waals surface area (Å²) in [7, 11) is 1.52. The van der Waals surface area contributed by atoms with Gasteiger partial charge in [0.05, 0.1) is 12.3 Å². The lowest BCUT2D eigenvalue weighted by Crippen LogP contribution is -2.46. The Hall–Kier alpha value is -5.12. The number of benzene rings is 3. The number of halogens is 2. The summed E-state index contributed by atoms with van der Waals surface area (Å²) in [5.41, 5.74) is 2.87. The van der Waals surface area contributed by atoms with Crippen LogP contribution in [0.2, 0.25) is 0 Å². The van der Waals surface area contributed by atoms with Gasteiger partial charge in [-0.05, 0) is 54.6 Å². The molecular weight excluding hydrogens is 626 g/mol. The number of ether oxygens (including phenoxy) is 4. The highest BCUT2D eigenvalue weighted by molar-refractivity contribution is 5.54. The molecule has 0 bridgehead atoms. The summed E-state index contributed by atoms with van der Waals surface area (Å²) in [6.07, 6.45) is 3.00. The van der Waals surface area contributed by atoms with Crippen LogP contribution in [0.1, 0.15) is 11.6 Å². The molecule has 3 unspecified atom stereocenters. The van der Waals surface area contributed by atoms with E-state index in [0.717, 1.165) is 49.3 Å². The molecule has 4 heterocycles. The van der Waals surface area contributed by atoms with Crippen molar-refractivity contribution in [2.24, 2.45) is 0 Å². The van der Waals surface area contributed by atoms with Crippen LogP contribution < -0.4 is 20.2 Å². The highest BCUT2D eigenvalue weighted by Crippen LogP contribution is 2.31. The van der Waals surface area contributed by atoms with E-state index in [1.54, 1.807) is 0 Å². The Bertz CT molecular complexity index is 1860. The van der Waals surface area contributed by atoms with E-state index >= 15 is 0 Å². The number of rotatable bonds is 11. The van der Waals surface area contributed by atoms with Gasteiger partial charge in [-0.3, -0.25) is 0 Å². The highest BCUT2D eigenvalue weighted by Gasteiger charge is 2.37. The normalized spacial score (nSPS) is 18.7. The second kappa shape index (κ2) is 13.9. The zero-order chi connectivity index (χ0) is 33.0. The van der Waals surface area contributed by atoms with Gasteiger partial charge in [0.25, 0.3) is 0 Å². The lowest BCUT2D eigenvalue weighted by atomic mass is 10.1. The van der Waals surface area contributed by atoms with Gasteiger partial charge in [0.2, 0.25) is 0 Å². The third kappa shape index (κ3) is 6.65. The largest absolute Gasteiger partial charge is 0.491 e. The summed E-state index contributed by atoms with van der Waals surface area (Å²) in [6, 6.07) is 18.4. The molecular formula is C33H34F2N8O5. The molecule has 0 N–H and O–H groups in total. The Kier molecular flexibility index (Phi) is 9.14. The minimum atomic E-state index is -0.866. The van der Waals surface area contributed by atoms with Crippen LogP contribution in [0.4, 0.5) is 20.2 Å². The number of hydrogen-bond acceptors (Lipinski definition) is 10. The number of hydrogen-bond donors (Lipinski definition) is 0. The molecule has 2 saturated heterocycles. The van der Waals surface area contributed by atoms with Crippen molar-refractivity contribution in [1.82, 2.24) is 29.1 Å². The maximum Gasteiger partial charge on any atom is 0.352 e. The third-order valence-corrected chi connectivity index (χ3v) is 8.43. The van der Waals surface area contributed by atoms with Crippen molar-refractivity contribution in [2.45, 2.75) is 25.2 Å². The molecule has 2 fully saturated rings. The van der Waals surface area contributed by atoms with Gasteiger partial charge in [-0.1, -0.05) is 6.07 Å². The first kappa shape index (κ1) is 31.5. The van der Waals surface area contributed by atoms with Gasteiger partial charge >= 0.3 is 5.69 Å². The average Bonchev–Trinajstić information content (AvgIpc) is 3.89. The predicted octanol–water partition coefficient (Wildman–Crippen LogP) is 3.24. The summed E-state index contributed by atoms with van der Waals surface area (Å²) < 4.78 is 55.5. The minimum absolute atomic E-state index is 0.104. The van der Waals surface area contributed by atoms with Crippen LogP contribution in [0.3, 0.4) is 0 Å². The van der Waals surface area contributed by atoms with E-state index in [9.17, 15) is 13.6 Å². The molecule has 48 heavy (non-hydrogen) atoms. The van der Waals surface area contributed by atoms with Crippen LogP contribution in [0, 0.1) is 11.6 Å². The van der Waals surface area contributed by atoms with E-state index in [1.165, 1.54) is 52.2 Å². The average molecular weight is 661 g/mol. The maximum atomic E-state index is 14.7. The topological polar surface area (TPSA) is 114 Å². The Labute approximate surface area is 274 Å². The van der Waals surface area contributed by atoms with Crippen LogP contribution in [0.15, 0.2) is 90.5 Å². The van der Waals surface area contributed by atoms with Crippen molar-refractivity contribution in [3.8, 4) is 11.4 Å². The molecule has 0 spiro atoms. The Morgan fingerprint density at radius 1 is 0.896 bits per heavy atom. The van der Waals surface area contributed by atoms with E-state index in [1.807, 2.05) is 48.5 Å². The smallest absolute Gasteiger partial charge is 0.352 e. The molecule has 15 heteroatoms. The molecule has 7 rings (SSSR count).